The molecule has 1 atom stereocenters. The predicted molar refractivity (Wildman–Crippen MR) is 149 cm³/mol. The summed E-state index contributed by atoms with van der Waals surface area (Å²) in [4.78, 5) is 18.7. The third-order valence-corrected chi connectivity index (χ3v) is 6.30. The molecule has 4 N–H and O–H groups in total. The van der Waals surface area contributed by atoms with E-state index in [-0.39, 0.29) is 18.2 Å². The van der Waals surface area contributed by atoms with Crippen molar-refractivity contribution >= 4 is 28.2 Å². The maximum absolute atomic E-state index is 14.0. The van der Waals surface area contributed by atoms with Crippen molar-refractivity contribution in [1.29, 1.82) is 0 Å². The number of fused-ring (bicyclic) bond motifs is 1. The van der Waals surface area contributed by atoms with Crippen LogP contribution in [0.5, 0.6) is 11.5 Å². The first kappa shape index (κ1) is 28.5. The fourth-order valence-electron chi connectivity index (χ4n) is 4.63. The molecule has 4 aromatic rings. The molecule has 1 amide bonds. The van der Waals surface area contributed by atoms with Crippen LogP contribution in [0.2, 0.25) is 0 Å². The quantitative estimate of drug-likeness (QED) is 0.241. The van der Waals surface area contributed by atoms with Gasteiger partial charge in [-0.25, -0.2) is 4.98 Å². The zero-order chi connectivity index (χ0) is 29.0. The Morgan fingerprint density at radius 3 is 2.45 bits per heavy atom. The smallest absolute Gasteiger partial charge is 0.416 e. The third-order valence-electron chi connectivity index (χ3n) is 6.30. The second-order valence-corrected chi connectivity index (χ2v) is 9.50. The van der Waals surface area contributed by atoms with Crippen molar-refractivity contribution < 1.29 is 27.4 Å². The van der Waals surface area contributed by atoms with Gasteiger partial charge in [0.05, 0.1) is 18.3 Å². The number of amides is 1. The number of hydrogen-bond acceptors (Lipinski definition) is 6. The minimum Gasteiger partial charge on any atom is -0.490 e. The number of benzene rings is 3. The Morgan fingerprint density at radius 2 is 1.77 bits per heavy atom. The number of primary amides is 1. The fourth-order valence-corrected chi connectivity index (χ4v) is 4.63. The van der Waals surface area contributed by atoms with Gasteiger partial charge in [-0.15, -0.1) is 0 Å². The van der Waals surface area contributed by atoms with E-state index < -0.39 is 23.7 Å². The Hall–Kier alpha value is -4.47. The molecule has 0 spiro atoms. The van der Waals surface area contributed by atoms with E-state index in [9.17, 15) is 18.0 Å². The van der Waals surface area contributed by atoms with Crippen LogP contribution in [0.15, 0.2) is 72.9 Å². The van der Waals surface area contributed by atoms with Gasteiger partial charge >= 0.3 is 6.18 Å². The Labute approximate surface area is 230 Å². The zero-order valence-corrected chi connectivity index (χ0v) is 22.4. The minimum atomic E-state index is -4.59. The molecule has 10 heteroatoms. The molecule has 0 fully saturated rings. The molecule has 0 saturated carbocycles. The number of anilines is 2. The first-order chi connectivity index (χ1) is 19.0. The summed E-state index contributed by atoms with van der Waals surface area (Å²) in [7, 11) is 0. The van der Waals surface area contributed by atoms with E-state index in [1.165, 1.54) is 24.4 Å². The van der Waals surface area contributed by atoms with E-state index in [1.807, 2.05) is 20.8 Å². The number of nitrogens with two attached hydrogens (primary N) is 2. The number of alkyl halides is 3. The molecule has 3 aromatic carbocycles. The van der Waals surface area contributed by atoms with Crippen molar-refractivity contribution in [2.75, 3.05) is 17.2 Å². The summed E-state index contributed by atoms with van der Waals surface area (Å²) in [6.45, 7) is 5.63. The van der Waals surface area contributed by atoms with Gasteiger partial charge in [-0.3, -0.25) is 4.79 Å². The van der Waals surface area contributed by atoms with Gasteiger partial charge in [0.1, 0.15) is 11.9 Å². The van der Waals surface area contributed by atoms with Gasteiger partial charge in [-0.2, -0.15) is 13.2 Å². The topological polar surface area (TPSA) is 104 Å². The molecule has 7 nitrogen and oxygen atoms in total. The molecule has 210 valence electrons. The summed E-state index contributed by atoms with van der Waals surface area (Å²) in [5, 5.41) is 1.38. The number of aromatic nitrogens is 1. The standard InChI is InChI=1S/C30H31F3N4O3/c1-4-39-26-16-20(9-12-25(26)40-18(2)3)27(29(35)38)37(17-21-7-5-6-8-24(21)30(31,32)33)22-10-11-23-19(15-22)13-14-36-28(23)34/h5-16,18,27H,4,17H2,1-3H3,(H2,34,36)(H2,35,38). The number of nitrogen functional groups attached to an aromatic ring is 1. The van der Waals surface area contributed by atoms with Crippen LogP contribution in [0.25, 0.3) is 10.8 Å². The number of ether oxygens (including phenoxy) is 2. The van der Waals surface area contributed by atoms with Crippen LogP contribution in [-0.4, -0.2) is 23.6 Å². The molecule has 1 aromatic heterocycles. The number of carbonyl (C=O) groups is 1. The van der Waals surface area contributed by atoms with Gasteiger partial charge in [0.2, 0.25) is 5.91 Å². The Balaban J connectivity index is 1.90. The van der Waals surface area contributed by atoms with Crippen LogP contribution >= 0.6 is 0 Å². The van der Waals surface area contributed by atoms with Gasteiger partial charge in [-0.05, 0) is 79.7 Å². The Kier molecular flexibility index (Phi) is 8.37. The number of hydrogen-bond donors (Lipinski definition) is 2. The number of nitrogens with zero attached hydrogens (tertiary/aromatic N) is 2. The largest absolute Gasteiger partial charge is 0.490 e. The summed E-state index contributed by atoms with van der Waals surface area (Å²) < 4.78 is 53.5. The average Bonchev–Trinajstić information content (AvgIpc) is 2.89. The van der Waals surface area contributed by atoms with E-state index in [4.69, 9.17) is 20.9 Å². The molecule has 1 unspecified atom stereocenters. The molecule has 0 bridgehead atoms. The highest BCUT2D eigenvalue weighted by atomic mass is 19.4. The van der Waals surface area contributed by atoms with Gasteiger partial charge in [0.15, 0.2) is 11.5 Å². The molecule has 0 aliphatic rings. The van der Waals surface area contributed by atoms with Crippen molar-refractivity contribution in [1.82, 2.24) is 4.98 Å². The number of halogens is 3. The van der Waals surface area contributed by atoms with Crippen LogP contribution < -0.4 is 25.8 Å². The molecular formula is C30H31F3N4O3. The van der Waals surface area contributed by atoms with Crippen LogP contribution in [0.4, 0.5) is 24.7 Å². The van der Waals surface area contributed by atoms with Crippen molar-refractivity contribution in [3.8, 4) is 11.5 Å². The highest BCUT2D eigenvalue weighted by molar-refractivity contribution is 5.94. The zero-order valence-electron chi connectivity index (χ0n) is 22.4. The van der Waals surface area contributed by atoms with Crippen LogP contribution in [0, 0.1) is 0 Å². The molecule has 0 saturated heterocycles. The molecule has 40 heavy (non-hydrogen) atoms. The van der Waals surface area contributed by atoms with Crippen LogP contribution in [0.1, 0.15) is 43.5 Å². The molecule has 0 aliphatic heterocycles. The van der Waals surface area contributed by atoms with Gasteiger partial charge in [-0.1, -0.05) is 24.3 Å². The summed E-state index contributed by atoms with van der Waals surface area (Å²) in [6.07, 6.45) is -3.18. The monoisotopic (exact) mass is 552 g/mol. The molecule has 0 aliphatic carbocycles. The summed E-state index contributed by atoms with van der Waals surface area (Å²) in [5.41, 5.74) is 12.1. The number of pyridine rings is 1. The third kappa shape index (κ3) is 6.22. The summed E-state index contributed by atoms with van der Waals surface area (Å²) in [5.74, 6) is 0.435. The van der Waals surface area contributed by atoms with Gasteiger partial charge < -0.3 is 25.8 Å². The first-order valence-electron chi connectivity index (χ1n) is 12.8. The fraction of sp³-hybridized carbons (Fsp3) is 0.267. The second kappa shape index (κ2) is 11.7. The summed E-state index contributed by atoms with van der Waals surface area (Å²) >= 11 is 0. The Morgan fingerprint density at radius 1 is 1.02 bits per heavy atom. The Bertz CT molecular complexity index is 1510. The predicted octanol–water partition coefficient (Wildman–Crippen LogP) is 6.25. The molecule has 4 rings (SSSR count). The molecular weight excluding hydrogens is 521 g/mol. The lowest BCUT2D eigenvalue weighted by Crippen LogP contribution is -2.38. The maximum Gasteiger partial charge on any atom is 0.416 e. The van der Waals surface area contributed by atoms with Gasteiger partial charge in [0, 0.05) is 23.8 Å². The maximum atomic E-state index is 14.0. The highest BCUT2D eigenvalue weighted by Gasteiger charge is 2.35. The lowest BCUT2D eigenvalue weighted by molar-refractivity contribution is -0.138. The second-order valence-electron chi connectivity index (χ2n) is 9.50. The van der Waals surface area contributed by atoms with Crippen molar-refractivity contribution in [3.63, 3.8) is 0 Å². The van der Waals surface area contributed by atoms with E-state index in [0.717, 1.165) is 6.07 Å². The van der Waals surface area contributed by atoms with E-state index in [0.29, 0.717) is 45.9 Å². The first-order valence-corrected chi connectivity index (χ1v) is 12.8. The van der Waals surface area contributed by atoms with Gasteiger partial charge in [0.25, 0.3) is 0 Å². The van der Waals surface area contributed by atoms with Crippen molar-refractivity contribution in [2.24, 2.45) is 5.73 Å². The summed E-state index contributed by atoms with van der Waals surface area (Å²) in [6, 6.07) is 16.0. The van der Waals surface area contributed by atoms with E-state index >= 15 is 0 Å². The average molecular weight is 553 g/mol. The molecule has 0 radical (unpaired) electrons. The van der Waals surface area contributed by atoms with E-state index in [1.54, 1.807) is 47.4 Å². The lowest BCUT2D eigenvalue weighted by Gasteiger charge is -2.33. The normalized spacial score (nSPS) is 12.4. The number of rotatable bonds is 10. The highest BCUT2D eigenvalue weighted by Crippen LogP contribution is 2.39. The number of carbonyl (C=O) groups excluding carboxylic acids is 1. The van der Waals surface area contributed by atoms with Crippen LogP contribution in [0.3, 0.4) is 0 Å². The van der Waals surface area contributed by atoms with Crippen LogP contribution in [-0.2, 0) is 17.5 Å². The SMILES string of the molecule is CCOc1cc(C(C(N)=O)N(Cc2ccccc2C(F)(F)F)c2ccc3c(N)nccc3c2)ccc1OC(C)C. The lowest BCUT2D eigenvalue weighted by atomic mass is 9.99. The van der Waals surface area contributed by atoms with Crippen molar-refractivity contribution in [3.05, 3.63) is 89.6 Å². The minimum absolute atomic E-state index is 0.0135. The van der Waals surface area contributed by atoms with Crippen molar-refractivity contribution in [2.45, 2.75) is 45.6 Å². The molecule has 1 heterocycles. The van der Waals surface area contributed by atoms with E-state index in [2.05, 4.69) is 4.98 Å².